The number of nitrogens with zero attached hydrogens (tertiary/aromatic N) is 2. The third kappa shape index (κ3) is 4.29. The van der Waals surface area contributed by atoms with E-state index in [1.807, 2.05) is 11.0 Å². The molecular formula is C25H28FN3O3S. The molecule has 1 amide bonds. The van der Waals surface area contributed by atoms with Crippen molar-refractivity contribution in [3.63, 3.8) is 0 Å². The number of amides is 1. The van der Waals surface area contributed by atoms with Crippen LogP contribution in [0.2, 0.25) is 0 Å². The molecule has 6 nitrogen and oxygen atoms in total. The van der Waals surface area contributed by atoms with Gasteiger partial charge in [-0.3, -0.25) is 4.79 Å². The molecule has 0 bridgehead atoms. The first kappa shape index (κ1) is 22.1. The zero-order chi connectivity index (χ0) is 23.0. The average Bonchev–Trinajstić information content (AvgIpc) is 3.28. The van der Waals surface area contributed by atoms with Crippen molar-refractivity contribution in [2.24, 2.45) is 5.92 Å². The number of H-pyrrole nitrogens is 1. The number of piperidine rings is 2. The van der Waals surface area contributed by atoms with Gasteiger partial charge in [-0.2, -0.15) is 4.31 Å². The van der Waals surface area contributed by atoms with E-state index < -0.39 is 15.8 Å². The normalized spacial score (nSPS) is 19.2. The summed E-state index contributed by atoms with van der Waals surface area (Å²) in [4.78, 5) is 18.5. The lowest BCUT2D eigenvalue weighted by Gasteiger charge is -2.37. The van der Waals surface area contributed by atoms with E-state index in [0.29, 0.717) is 31.8 Å². The van der Waals surface area contributed by atoms with Crippen LogP contribution < -0.4 is 0 Å². The predicted molar refractivity (Wildman–Crippen MR) is 125 cm³/mol. The van der Waals surface area contributed by atoms with Crippen molar-refractivity contribution in [2.45, 2.75) is 36.5 Å². The molecule has 174 valence electrons. The second-order valence-corrected chi connectivity index (χ2v) is 11.0. The van der Waals surface area contributed by atoms with Crippen LogP contribution in [-0.4, -0.2) is 54.7 Å². The van der Waals surface area contributed by atoms with Gasteiger partial charge in [-0.15, -0.1) is 0 Å². The van der Waals surface area contributed by atoms with Crippen molar-refractivity contribution in [1.82, 2.24) is 14.2 Å². The maximum Gasteiger partial charge on any atom is 0.243 e. The van der Waals surface area contributed by atoms with E-state index in [2.05, 4.69) is 29.4 Å². The Hall–Kier alpha value is -2.71. The van der Waals surface area contributed by atoms with E-state index in [1.54, 1.807) is 0 Å². The van der Waals surface area contributed by atoms with Gasteiger partial charge in [0.15, 0.2) is 0 Å². The lowest BCUT2D eigenvalue weighted by Crippen LogP contribution is -2.46. The maximum absolute atomic E-state index is 13.2. The Bertz CT molecular complexity index is 1240. The molecule has 3 aromatic rings. The number of sulfonamides is 1. The number of hydrogen-bond acceptors (Lipinski definition) is 3. The Kier molecular flexibility index (Phi) is 5.97. The highest BCUT2D eigenvalue weighted by Gasteiger charge is 2.35. The summed E-state index contributed by atoms with van der Waals surface area (Å²) in [6.07, 6.45) is 5.00. The molecule has 2 aliphatic heterocycles. The first-order valence-electron chi connectivity index (χ1n) is 11.5. The molecule has 0 radical (unpaired) electrons. The summed E-state index contributed by atoms with van der Waals surface area (Å²) in [5.41, 5.74) is 2.48. The van der Waals surface area contributed by atoms with Crippen LogP contribution in [0.5, 0.6) is 0 Å². The molecule has 0 aliphatic carbocycles. The van der Waals surface area contributed by atoms with Gasteiger partial charge in [0.2, 0.25) is 15.9 Å². The molecule has 2 fully saturated rings. The number of aromatic amines is 1. The smallest absolute Gasteiger partial charge is 0.243 e. The molecule has 0 atom stereocenters. The molecule has 2 aliphatic rings. The predicted octanol–water partition coefficient (Wildman–Crippen LogP) is 4.11. The summed E-state index contributed by atoms with van der Waals surface area (Å²) in [6, 6.07) is 13.2. The minimum atomic E-state index is -3.66. The minimum Gasteiger partial charge on any atom is -0.361 e. The number of rotatable bonds is 4. The quantitative estimate of drug-likeness (QED) is 0.625. The Morgan fingerprint density at radius 1 is 0.909 bits per heavy atom. The number of nitrogens with one attached hydrogen (secondary N) is 1. The molecule has 8 heteroatoms. The molecule has 0 spiro atoms. The van der Waals surface area contributed by atoms with Crippen LogP contribution in [0, 0.1) is 11.7 Å². The lowest BCUT2D eigenvalue weighted by atomic mass is 9.88. The van der Waals surface area contributed by atoms with Gasteiger partial charge in [-0.25, -0.2) is 12.8 Å². The molecule has 1 N–H and O–H groups in total. The van der Waals surface area contributed by atoms with E-state index in [1.165, 1.54) is 27.4 Å². The number of fused-ring (bicyclic) bond motifs is 1. The van der Waals surface area contributed by atoms with E-state index >= 15 is 0 Å². The highest BCUT2D eigenvalue weighted by molar-refractivity contribution is 7.89. The summed E-state index contributed by atoms with van der Waals surface area (Å²) in [7, 11) is -3.66. The van der Waals surface area contributed by atoms with Crippen LogP contribution in [0.4, 0.5) is 4.39 Å². The van der Waals surface area contributed by atoms with Crippen LogP contribution >= 0.6 is 0 Å². The average molecular weight is 470 g/mol. The molecule has 5 rings (SSSR count). The largest absolute Gasteiger partial charge is 0.361 e. The standard InChI is InChI=1S/C25H28FN3O3S/c26-20-5-7-21(8-6-20)33(31,32)29-15-11-19(12-16-29)25(30)28-13-9-18(10-14-28)23-17-27-24-4-2-1-3-22(23)24/h1-8,17-19,27H,9-16H2. The number of carbonyl (C=O) groups excluding carboxylic acids is 1. The molecule has 33 heavy (non-hydrogen) atoms. The molecule has 0 unspecified atom stereocenters. The van der Waals surface area contributed by atoms with Gasteiger partial charge in [0, 0.05) is 49.2 Å². The second-order valence-electron chi connectivity index (χ2n) is 9.02. The fourth-order valence-corrected chi connectivity index (χ4v) is 6.67. The fourth-order valence-electron chi connectivity index (χ4n) is 5.20. The molecule has 3 heterocycles. The summed E-state index contributed by atoms with van der Waals surface area (Å²) < 4.78 is 40.2. The van der Waals surface area contributed by atoms with Crippen molar-refractivity contribution in [1.29, 1.82) is 0 Å². The van der Waals surface area contributed by atoms with Crippen molar-refractivity contribution in [2.75, 3.05) is 26.2 Å². The number of hydrogen-bond donors (Lipinski definition) is 1. The lowest BCUT2D eigenvalue weighted by molar-refractivity contribution is -0.137. The van der Waals surface area contributed by atoms with Gasteiger partial charge < -0.3 is 9.88 Å². The first-order valence-corrected chi connectivity index (χ1v) is 13.0. The van der Waals surface area contributed by atoms with E-state index in [9.17, 15) is 17.6 Å². The highest BCUT2D eigenvalue weighted by Crippen LogP contribution is 2.34. The van der Waals surface area contributed by atoms with Crippen molar-refractivity contribution in [3.8, 4) is 0 Å². The molecule has 1 aromatic heterocycles. The van der Waals surface area contributed by atoms with Crippen LogP contribution in [0.25, 0.3) is 10.9 Å². The third-order valence-corrected chi connectivity index (χ3v) is 9.04. The van der Waals surface area contributed by atoms with Crippen molar-refractivity contribution < 1.29 is 17.6 Å². The van der Waals surface area contributed by atoms with Crippen LogP contribution in [0.1, 0.15) is 37.2 Å². The van der Waals surface area contributed by atoms with E-state index in [0.717, 1.165) is 43.6 Å². The summed E-state index contributed by atoms with van der Waals surface area (Å²) in [6.45, 7) is 2.08. The second kappa shape index (κ2) is 8.91. The van der Waals surface area contributed by atoms with Gasteiger partial charge >= 0.3 is 0 Å². The minimum absolute atomic E-state index is 0.0908. The highest BCUT2D eigenvalue weighted by atomic mass is 32.2. The Morgan fingerprint density at radius 3 is 2.27 bits per heavy atom. The Morgan fingerprint density at radius 2 is 1.58 bits per heavy atom. The van der Waals surface area contributed by atoms with Crippen LogP contribution in [0.3, 0.4) is 0 Å². The van der Waals surface area contributed by atoms with Gasteiger partial charge in [0.05, 0.1) is 4.90 Å². The van der Waals surface area contributed by atoms with Crippen molar-refractivity contribution in [3.05, 3.63) is 66.1 Å². The molecule has 2 aromatic carbocycles. The number of halogens is 1. The maximum atomic E-state index is 13.2. The van der Waals surface area contributed by atoms with Crippen molar-refractivity contribution >= 4 is 26.8 Å². The zero-order valence-corrected chi connectivity index (χ0v) is 19.2. The van der Waals surface area contributed by atoms with E-state index in [4.69, 9.17) is 0 Å². The fraction of sp³-hybridized carbons (Fsp3) is 0.400. The van der Waals surface area contributed by atoms with Crippen LogP contribution in [0.15, 0.2) is 59.6 Å². The van der Waals surface area contributed by atoms with Crippen LogP contribution in [-0.2, 0) is 14.8 Å². The summed E-state index contributed by atoms with van der Waals surface area (Å²) in [5, 5.41) is 1.26. The number of benzene rings is 2. The summed E-state index contributed by atoms with van der Waals surface area (Å²) >= 11 is 0. The topological polar surface area (TPSA) is 73.5 Å². The Labute approximate surface area is 193 Å². The van der Waals surface area contributed by atoms with Gasteiger partial charge in [-0.1, -0.05) is 18.2 Å². The number of likely N-dealkylation sites (tertiary alicyclic amines) is 1. The summed E-state index contributed by atoms with van der Waals surface area (Å²) in [5.74, 6) is -0.0277. The van der Waals surface area contributed by atoms with Gasteiger partial charge in [0.25, 0.3) is 0 Å². The molecular weight excluding hydrogens is 441 g/mol. The Balaban J connectivity index is 1.17. The van der Waals surface area contributed by atoms with E-state index in [-0.39, 0.29) is 16.7 Å². The number of aromatic nitrogens is 1. The van der Waals surface area contributed by atoms with Gasteiger partial charge in [0.1, 0.15) is 5.82 Å². The number of para-hydroxylation sites is 1. The number of carbonyl (C=O) groups is 1. The molecule has 0 saturated carbocycles. The first-order chi connectivity index (χ1) is 15.9. The van der Waals surface area contributed by atoms with Gasteiger partial charge in [-0.05, 0) is 67.5 Å². The monoisotopic (exact) mass is 469 g/mol. The zero-order valence-electron chi connectivity index (χ0n) is 18.4. The SMILES string of the molecule is O=C(C1CCN(S(=O)(=O)c2ccc(F)cc2)CC1)N1CCC(c2c[nH]c3ccccc23)CC1. The third-order valence-electron chi connectivity index (χ3n) is 7.12. The molecule has 2 saturated heterocycles.